The van der Waals surface area contributed by atoms with Crippen LogP contribution in [0.3, 0.4) is 0 Å². The van der Waals surface area contributed by atoms with Gasteiger partial charge in [0.2, 0.25) is 0 Å². The number of hydrogen-bond donors (Lipinski definition) is 4. The van der Waals surface area contributed by atoms with Crippen molar-refractivity contribution in [3.63, 3.8) is 0 Å². The minimum atomic E-state index is -0.562. The number of rotatable bonds is 8. The quantitative estimate of drug-likeness (QED) is 0.207. The SMILES string of the molecule is CN1NC1NCCNC(=O)c1cc(NC(=O)c2cc([N+](=O)[O-])cn2C)cn1C. The molecule has 3 heterocycles. The maximum absolute atomic E-state index is 12.4. The Bertz CT molecular complexity index is 918. The van der Waals surface area contributed by atoms with Crippen LogP contribution in [0.5, 0.6) is 0 Å². The van der Waals surface area contributed by atoms with Crippen molar-refractivity contribution in [3.05, 3.63) is 46.0 Å². The van der Waals surface area contributed by atoms with E-state index in [-0.39, 0.29) is 23.6 Å². The molecule has 1 saturated heterocycles. The predicted octanol–water partition coefficient (Wildman–Crippen LogP) is -0.423. The molecule has 0 aromatic carbocycles. The van der Waals surface area contributed by atoms with Crippen molar-refractivity contribution in [2.45, 2.75) is 6.29 Å². The first-order chi connectivity index (χ1) is 13.3. The van der Waals surface area contributed by atoms with E-state index >= 15 is 0 Å². The molecule has 0 aliphatic carbocycles. The fourth-order valence-electron chi connectivity index (χ4n) is 2.74. The van der Waals surface area contributed by atoms with Gasteiger partial charge in [0.05, 0.1) is 16.8 Å². The van der Waals surface area contributed by atoms with Crippen LogP contribution in [-0.2, 0) is 14.1 Å². The van der Waals surface area contributed by atoms with Crippen LogP contribution in [0.25, 0.3) is 0 Å². The van der Waals surface area contributed by atoms with E-state index in [0.717, 1.165) is 0 Å². The van der Waals surface area contributed by atoms with E-state index in [1.54, 1.807) is 30.9 Å². The molecule has 2 unspecified atom stereocenters. The fourth-order valence-corrected chi connectivity index (χ4v) is 2.74. The van der Waals surface area contributed by atoms with Gasteiger partial charge < -0.3 is 19.8 Å². The maximum Gasteiger partial charge on any atom is 0.287 e. The van der Waals surface area contributed by atoms with Crippen LogP contribution in [0.1, 0.15) is 21.0 Å². The summed E-state index contributed by atoms with van der Waals surface area (Å²) >= 11 is 0. The molecule has 150 valence electrons. The molecule has 12 nitrogen and oxygen atoms in total. The summed E-state index contributed by atoms with van der Waals surface area (Å²) < 4.78 is 2.98. The molecule has 1 aliphatic heterocycles. The van der Waals surface area contributed by atoms with Gasteiger partial charge in [-0.15, -0.1) is 0 Å². The van der Waals surface area contributed by atoms with Crippen molar-refractivity contribution in [1.29, 1.82) is 0 Å². The first kappa shape index (κ1) is 19.5. The first-order valence-electron chi connectivity index (χ1n) is 8.55. The molecule has 1 fully saturated rings. The van der Waals surface area contributed by atoms with Crippen molar-refractivity contribution in [3.8, 4) is 0 Å². The van der Waals surface area contributed by atoms with Crippen molar-refractivity contribution >= 4 is 23.2 Å². The van der Waals surface area contributed by atoms with Crippen molar-refractivity contribution in [1.82, 2.24) is 30.2 Å². The standard InChI is InChI=1S/C16H22N8O4/c1-21-8-10(19-15(26)13-7-11(24(27)28)9-22(13)2)6-12(21)14(25)17-4-5-18-16-20-23(16)3/h6-9,16,18,20H,4-5H2,1-3H3,(H,17,25)(H,19,26). The van der Waals surface area contributed by atoms with Crippen LogP contribution in [0.2, 0.25) is 0 Å². The summed E-state index contributed by atoms with van der Waals surface area (Å²) in [5.74, 6) is -0.769. The minimum Gasteiger partial charge on any atom is -0.349 e. The summed E-state index contributed by atoms with van der Waals surface area (Å²) in [6, 6.07) is 2.75. The minimum absolute atomic E-state index is 0.141. The Hall–Kier alpha value is -3.22. The molecule has 0 bridgehead atoms. The van der Waals surface area contributed by atoms with E-state index in [9.17, 15) is 19.7 Å². The number of nitrogens with zero attached hydrogens (tertiary/aromatic N) is 4. The largest absolute Gasteiger partial charge is 0.349 e. The lowest BCUT2D eigenvalue weighted by atomic mass is 10.3. The van der Waals surface area contributed by atoms with E-state index in [1.807, 2.05) is 12.1 Å². The molecule has 0 spiro atoms. The highest BCUT2D eigenvalue weighted by molar-refractivity contribution is 6.04. The third-order valence-corrected chi connectivity index (χ3v) is 4.32. The number of hydrogen-bond acceptors (Lipinski definition) is 7. The van der Waals surface area contributed by atoms with Crippen LogP contribution < -0.4 is 21.4 Å². The van der Waals surface area contributed by atoms with Gasteiger partial charge in [-0.1, -0.05) is 0 Å². The predicted molar refractivity (Wildman–Crippen MR) is 100 cm³/mol. The van der Waals surface area contributed by atoms with Crippen molar-refractivity contribution < 1.29 is 14.5 Å². The summed E-state index contributed by atoms with van der Waals surface area (Å²) in [5, 5.41) is 21.4. The molecular formula is C16H22N8O4. The van der Waals surface area contributed by atoms with Crippen LogP contribution >= 0.6 is 0 Å². The zero-order chi connectivity index (χ0) is 20.4. The number of carbonyl (C=O) groups is 2. The number of nitro groups is 1. The molecule has 2 atom stereocenters. The van der Waals surface area contributed by atoms with Gasteiger partial charge in [-0.05, 0) is 6.07 Å². The molecule has 2 aromatic heterocycles. The van der Waals surface area contributed by atoms with Crippen LogP contribution in [0, 0.1) is 10.1 Å². The monoisotopic (exact) mass is 390 g/mol. The highest BCUT2D eigenvalue weighted by Gasteiger charge is 2.27. The fraction of sp³-hybridized carbons (Fsp3) is 0.375. The van der Waals surface area contributed by atoms with Crippen molar-refractivity contribution in [2.75, 3.05) is 25.5 Å². The van der Waals surface area contributed by atoms with E-state index in [4.69, 9.17) is 0 Å². The zero-order valence-corrected chi connectivity index (χ0v) is 15.7. The lowest BCUT2D eigenvalue weighted by Crippen LogP contribution is -2.34. The Morgan fingerprint density at radius 2 is 1.75 bits per heavy atom. The number of aromatic nitrogens is 2. The number of aryl methyl sites for hydroxylation is 2. The van der Waals surface area contributed by atoms with Gasteiger partial charge >= 0.3 is 0 Å². The zero-order valence-electron chi connectivity index (χ0n) is 15.7. The van der Waals surface area contributed by atoms with E-state index in [2.05, 4.69) is 21.4 Å². The van der Waals surface area contributed by atoms with Crippen molar-refractivity contribution in [2.24, 2.45) is 14.1 Å². The summed E-state index contributed by atoms with van der Waals surface area (Å²) in [5.41, 5.74) is 3.82. The van der Waals surface area contributed by atoms with Gasteiger partial charge in [0.25, 0.3) is 17.5 Å². The lowest BCUT2D eigenvalue weighted by molar-refractivity contribution is -0.384. The second-order valence-corrected chi connectivity index (χ2v) is 6.48. The Balaban J connectivity index is 1.57. The summed E-state index contributed by atoms with van der Waals surface area (Å²) in [6.07, 6.45) is 3.01. The lowest BCUT2D eigenvalue weighted by Gasteiger charge is -2.06. The Labute approximate surface area is 160 Å². The molecule has 0 radical (unpaired) electrons. The Morgan fingerprint density at radius 1 is 1.11 bits per heavy atom. The van der Waals surface area contributed by atoms with Gasteiger partial charge in [-0.25, -0.2) is 10.4 Å². The van der Waals surface area contributed by atoms with Crippen LogP contribution in [0.4, 0.5) is 11.4 Å². The van der Waals surface area contributed by atoms with Gasteiger partial charge in [-0.2, -0.15) is 0 Å². The van der Waals surface area contributed by atoms with Gasteiger partial charge in [0, 0.05) is 46.5 Å². The summed E-state index contributed by atoms with van der Waals surface area (Å²) in [6.45, 7) is 1.05. The summed E-state index contributed by atoms with van der Waals surface area (Å²) in [4.78, 5) is 35.0. The topological polar surface area (TPSA) is 148 Å². The molecule has 3 rings (SSSR count). The second kappa shape index (κ2) is 7.80. The molecule has 2 aromatic rings. The highest BCUT2D eigenvalue weighted by Crippen LogP contribution is 2.18. The Morgan fingerprint density at radius 3 is 2.36 bits per heavy atom. The van der Waals surface area contributed by atoms with E-state index in [1.165, 1.54) is 16.8 Å². The average Bonchev–Trinajstić information content (AvgIpc) is 3.01. The third-order valence-electron chi connectivity index (χ3n) is 4.32. The van der Waals surface area contributed by atoms with E-state index in [0.29, 0.717) is 24.5 Å². The maximum atomic E-state index is 12.4. The molecule has 0 saturated carbocycles. The molecule has 28 heavy (non-hydrogen) atoms. The van der Waals surface area contributed by atoms with Gasteiger partial charge in [0.1, 0.15) is 17.7 Å². The molecule has 1 aliphatic rings. The Kier molecular flexibility index (Phi) is 5.44. The number of anilines is 1. The first-order valence-corrected chi connectivity index (χ1v) is 8.55. The smallest absolute Gasteiger partial charge is 0.287 e. The van der Waals surface area contributed by atoms with Crippen LogP contribution in [0.15, 0.2) is 24.5 Å². The average molecular weight is 390 g/mol. The van der Waals surface area contributed by atoms with E-state index < -0.39 is 10.8 Å². The molecule has 2 amide bonds. The van der Waals surface area contributed by atoms with Gasteiger partial charge in [-0.3, -0.25) is 25.0 Å². The number of hydrazine groups is 1. The number of nitrogens with one attached hydrogen (secondary N) is 4. The number of amides is 2. The molecule has 4 N–H and O–H groups in total. The number of carbonyl (C=O) groups excluding carboxylic acids is 2. The summed E-state index contributed by atoms with van der Waals surface area (Å²) in [7, 11) is 5.15. The molecular weight excluding hydrogens is 368 g/mol. The highest BCUT2D eigenvalue weighted by atomic mass is 16.6. The third kappa shape index (κ3) is 4.36. The normalized spacial score (nSPS) is 18.0. The second-order valence-electron chi connectivity index (χ2n) is 6.48. The molecule has 12 heteroatoms. The van der Waals surface area contributed by atoms with Crippen LogP contribution in [-0.4, -0.2) is 57.3 Å². The van der Waals surface area contributed by atoms with Gasteiger partial charge in [0.15, 0.2) is 0 Å².